The Morgan fingerprint density at radius 1 is 1.56 bits per heavy atom. The average Bonchev–Trinajstić information content (AvgIpc) is 2.15. The van der Waals surface area contributed by atoms with Crippen LogP contribution in [0.1, 0.15) is 5.76 Å². The van der Waals surface area contributed by atoms with Crippen molar-refractivity contribution in [3.8, 4) is 6.07 Å². The quantitative estimate of drug-likeness (QED) is 0.519. The standard InChI is InChI=1S/C5H5N3O/c6-1-4-5(8)3(7)2-9-4/h2H,7-8H2. The summed E-state index contributed by atoms with van der Waals surface area (Å²) in [6, 6.07) is 1.74. The van der Waals surface area contributed by atoms with E-state index in [1.807, 2.05) is 0 Å². The molecule has 1 rings (SSSR count). The van der Waals surface area contributed by atoms with Crippen molar-refractivity contribution in [1.82, 2.24) is 0 Å². The molecule has 1 aromatic rings. The number of nitrogens with zero attached hydrogens (tertiary/aromatic N) is 1. The first kappa shape index (κ1) is 5.51. The molecular formula is C5H5N3O. The van der Waals surface area contributed by atoms with Crippen molar-refractivity contribution in [2.24, 2.45) is 0 Å². The van der Waals surface area contributed by atoms with Gasteiger partial charge in [0, 0.05) is 0 Å². The highest BCUT2D eigenvalue weighted by Gasteiger charge is 2.04. The zero-order valence-electron chi connectivity index (χ0n) is 4.59. The Morgan fingerprint density at radius 2 is 2.22 bits per heavy atom. The Kier molecular flexibility index (Phi) is 1.04. The molecule has 0 saturated carbocycles. The summed E-state index contributed by atoms with van der Waals surface area (Å²) in [5.74, 6) is 0.0764. The van der Waals surface area contributed by atoms with Crippen molar-refractivity contribution in [3.05, 3.63) is 12.0 Å². The maximum Gasteiger partial charge on any atom is 0.228 e. The van der Waals surface area contributed by atoms with E-state index in [1.54, 1.807) is 6.07 Å². The minimum absolute atomic E-state index is 0.0764. The summed E-state index contributed by atoms with van der Waals surface area (Å²) in [7, 11) is 0. The first-order valence-electron chi connectivity index (χ1n) is 2.28. The van der Waals surface area contributed by atoms with Gasteiger partial charge in [-0.1, -0.05) is 0 Å². The molecule has 0 aromatic carbocycles. The molecule has 4 heteroatoms. The van der Waals surface area contributed by atoms with Gasteiger partial charge < -0.3 is 15.9 Å². The monoisotopic (exact) mass is 123 g/mol. The fraction of sp³-hybridized carbons (Fsp3) is 0. The van der Waals surface area contributed by atoms with E-state index >= 15 is 0 Å². The number of nitrogens with two attached hydrogens (primary N) is 2. The Morgan fingerprint density at radius 3 is 2.44 bits per heavy atom. The van der Waals surface area contributed by atoms with E-state index in [4.69, 9.17) is 16.7 Å². The van der Waals surface area contributed by atoms with Gasteiger partial charge in [-0.2, -0.15) is 5.26 Å². The van der Waals surface area contributed by atoms with Gasteiger partial charge in [-0.25, -0.2) is 0 Å². The molecule has 4 N–H and O–H groups in total. The molecule has 1 heterocycles. The van der Waals surface area contributed by atoms with E-state index in [0.717, 1.165) is 0 Å². The molecule has 0 aliphatic carbocycles. The predicted octanol–water partition coefficient (Wildman–Crippen LogP) is 0.316. The second-order valence-electron chi connectivity index (χ2n) is 1.55. The molecule has 1 aromatic heterocycles. The van der Waals surface area contributed by atoms with Gasteiger partial charge in [0.1, 0.15) is 18.0 Å². The largest absolute Gasteiger partial charge is 0.449 e. The van der Waals surface area contributed by atoms with Crippen LogP contribution in [0, 0.1) is 11.3 Å². The van der Waals surface area contributed by atoms with Crippen LogP contribution in [-0.2, 0) is 0 Å². The fourth-order valence-corrected chi connectivity index (χ4v) is 0.467. The molecule has 9 heavy (non-hydrogen) atoms. The van der Waals surface area contributed by atoms with Crippen molar-refractivity contribution in [1.29, 1.82) is 5.26 Å². The van der Waals surface area contributed by atoms with E-state index < -0.39 is 0 Å². The lowest BCUT2D eigenvalue weighted by Gasteiger charge is -1.83. The predicted molar refractivity (Wildman–Crippen MR) is 32.2 cm³/mol. The Labute approximate surface area is 51.7 Å². The number of nitriles is 1. The molecular weight excluding hydrogens is 118 g/mol. The Bertz CT molecular complexity index is 258. The van der Waals surface area contributed by atoms with Crippen LogP contribution in [0.2, 0.25) is 0 Å². The van der Waals surface area contributed by atoms with E-state index in [-0.39, 0.29) is 11.4 Å². The van der Waals surface area contributed by atoms with Gasteiger partial charge >= 0.3 is 0 Å². The van der Waals surface area contributed by atoms with Crippen LogP contribution in [0.5, 0.6) is 0 Å². The third kappa shape index (κ3) is 0.681. The molecule has 0 aliphatic heterocycles. The number of furan rings is 1. The van der Waals surface area contributed by atoms with Crippen LogP contribution >= 0.6 is 0 Å². The highest BCUT2D eigenvalue weighted by atomic mass is 16.3. The lowest BCUT2D eigenvalue weighted by Crippen LogP contribution is -1.90. The second-order valence-corrected chi connectivity index (χ2v) is 1.55. The van der Waals surface area contributed by atoms with Crippen molar-refractivity contribution < 1.29 is 4.42 Å². The number of rotatable bonds is 0. The van der Waals surface area contributed by atoms with Crippen LogP contribution in [0.4, 0.5) is 11.4 Å². The van der Waals surface area contributed by atoms with Crippen molar-refractivity contribution in [3.63, 3.8) is 0 Å². The normalized spacial score (nSPS) is 8.78. The average molecular weight is 123 g/mol. The molecule has 4 nitrogen and oxygen atoms in total. The number of anilines is 2. The Hall–Kier alpha value is -1.63. The van der Waals surface area contributed by atoms with Crippen LogP contribution in [0.25, 0.3) is 0 Å². The van der Waals surface area contributed by atoms with Gasteiger partial charge in [0.2, 0.25) is 5.76 Å². The topological polar surface area (TPSA) is 89.0 Å². The van der Waals surface area contributed by atoms with Gasteiger partial charge in [-0.15, -0.1) is 0 Å². The molecule has 0 fully saturated rings. The minimum atomic E-state index is 0.0764. The van der Waals surface area contributed by atoms with Gasteiger partial charge in [-0.3, -0.25) is 0 Å². The molecule has 0 atom stereocenters. The highest BCUT2D eigenvalue weighted by molar-refractivity contribution is 5.67. The maximum atomic E-state index is 8.25. The maximum absolute atomic E-state index is 8.25. The first-order chi connectivity index (χ1) is 4.25. The van der Waals surface area contributed by atoms with Gasteiger partial charge in [0.15, 0.2) is 0 Å². The lowest BCUT2D eigenvalue weighted by atomic mass is 10.4. The summed E-state index contributed by atoms with van der Waals surface area (Å²) in [5.41, 5.74) is 11.0. The van der Waals surface area contributed by atoms with Crippen molar-refractivity contribution >= 4 is 11.4 Å². The highest BCUT2D eigenvalue weighted by Crippen LogP contribution is 2.20. The third-order valence-corrected chi connectivity index (χ3v) is 0.961. The molecule has 0 spiro atoms. The fourth-order valence-electron chi connectivity index (χ4n) is 0.467. The van der Waals surface area contributed by atoms with Crippen molar-refractivity contribution in [2.75, 3.05) is 11.5 Å². The summed E-state index contributed by atoms with van der Waals surface area (Å²) in [4.78, 5) is 0. The van der Waals surface area contributed by atoms with Crippen LogP contribution in [0.15, 0.2) is 10.7 Å². The summed E-state index contributed by atoms with van der Waals surface area (Å²) >= 11 is 0. The summed E-state index contributed by atoms with van der Waals surface area (Å²) < 4.78 is 4.63. The molecule has 0 radical (unpaired) electrons. The molecule has 0 saturated heterocycles. The van der Waals surface area contributed by atoms with E-state index in [1.165, 1.54) is 6.26 Å². The summed E-state index contributed by atoms with van der Waals surface area (Å²) in [6.45, 7) is 0. The number of hydrogen-bond donors (Lipinski definition) is 2. The van der Waals surface area contributed by atoms with Gasteiger partial charge in [0.25, 0.3) is 0 Å². The molecule has 0 aliphatic rings. The van der Waals surface area contributed by atoms with E-state index in [2.05, 4.69) is 4.42 Å². The van der Waals surface area contributed by atoms with E-state index in [0.29, 0.717) is 5.69 Å². The van der Waals surface area contributed by atoms with Crippen LogP contribution in [0.3, 0.4) is 0 Å². The smallest absolute Gasteiger partial charge is 0.228 e. The Balaban J connectivity index is 3.24. The summed E-state index contributed by atoms with van der Waals surface area (Å²) in [6.07, 6.45) is 1.24. The zero-order chi connectivity index (χ0) is 6.85. The van der Waals surface area contributed by atoms with Crippen molar-refractivity contribution in [2.45, 2.75) is 0 Å². The third-order valence-electron chi connectivity index (χ3n) is 0.961. The zero-order valence-corrected chi connectivity index (χ0v) is 4.59. The first-order valence-corrected chi connectivity index (χ1v) is 2.28. The SMILES string of the molecule is N#Cc1occ(N)c1N. The minimum Gasteiger partial charge on any atom is -0.449 e. The summed E-state index contributed by atoms with van der Waals surface area (Å²) in [5, 5.41) is 8.25. The van der Waals surface area contributed by atoms with Gasteiger partial charge in [0.05, 0.1) is 5.69 Å². The second kappa shape index (κ2) is 1.71. The molecule has 46 valence electrons. The number of hydrogen-bond acceptors (Lipinski definition) is 4. The molecule has 0 amide bonds. The lowest BCUT2D eigenvalue weighted by molar-refractivity contribution is 0.555. The van der Waals surface area contributed by atoms with E-state index in [9.17, 15) is 0 Å². The number of nitrogen functional groups attached to an aromatic ring is 2. The van der Waals surface area contributed by atoms with Crippen LogP contribution in [-0.4, -0.2) is 0 Å². The van der Waals surface area contributed by atoms with Gasteiger partial charge in [-0.05, 0) is 0 Å². The molecule has 0 unspecified atom stereocenters. The van der Waals surface area contributed by atoms with Crippen LogP contribution < -0.4 is 11.5 Å². The molecule has 0 bridgehead atoms.